The van der Waals surface area contributed by atoms with E-state index in [1.165, 1.54) is 21.4 Å². The maximum Gasteiger partial charge on any atom is 0.0423 e. The zero-order chi connectivity index (χ0) is 13.5. The van der Waals surface area contributed by atoms with Gasteiger partial charge in [0.2, 0.25) is 0 Å². The molecule has 1 unspecified atom stereocenters. The third-order valence-corrected chi connectivity index (χ3v) is 5.65. The maximum atomic E-state index is 3.63. The van der Waals surface area contributed by atoms with Crippen LogP contribution in [0.5, 0.6) is 0 Å². The van der Waals surface area contributed by atoms with Crippen molar-refractivity contribution in [1.82, 2.24) is 5.32 Å². The largest absolute Gasteiger partial charge is 0.309 e. The number of benzene rings is 1. The molecule has 19 heavy (non-hydrogen) atoms. The van der Waals surface area contributed by atoms with Gasteiger partial charge >= 0.3 is 0 Å². The van der Waals surface area contributed by atoms with Gasteiger partial charge in [-0.2, -0.15) is 11.3 Å². The Bertz CT molecular complexity index is 485. The lowest BCUT2D eigenvalue weighted by molar-refractivity contribution is 0.579. The molecular formula is C15H18BrNS2. The number of halogens is 1. The van der Waals surface area contributed by atoms with Crippen molar-refractivity contribution in [3.8, 4) is 0 Å². The first kappa shape index (κ1) is 15.1. The summed E-state index contributed by atoms with van der Waals surface area (Å²) in [6.07, 6.45) is 1.17. The molecule has 0 aliphatic carbocycles. The summed E-state index contributed by atoms with van der Waals surface area (Å²) in [4.78, 5) is 1.31. The summed E-state index contributed by atoms with van der Waals surface area (Å²) >= 11 is 7.28. The van der Waals surface area contributed by atoms with Crippen LogP contribution in [0.15, 0.2) is 50.5 Å². The van der Waals surface area contributed by atoms with E-state index < -0.39 is 0 Å². The highest BCUT2D eigenvalue weighted by atomic mass is 79.9. The molecule has 0 amide bonds. The Morgan fingerprint density at radius 1 is 1.32 bits per heavy atom. The van der Waals surface area contributed by atoms with E-state index in [4.69, 9.17) is 0 Å². The lowest BCUT2D eigenvalue weighted by Crippen LogP contribution is -2.23. The van der Waals surface area contributed by atoms with Crippen molar-refractivity contribution in [2.45, 2.75) is 24.3 Å². The molecule has 0 fully saturated rings. The van der Waals surface area contributed by atoms with Crippen LogP contribution in [0.2, 0.25) is 0 Å². The Balaban J connectivity index is 1.99. The molecule has 1 heterocycles. The normalized spacial score (nSPS) is 12.5. The molecule has 0 radical (unpaired) electrons. The standard InChI is InChI=1S/C15H18BrNS2/c1-2-8-17-14(12-7-9-18-10-12)11-19-15-6-4-3-5-13(15)16/h3-7,9-10,14,17H,2,8,11H2,1H3. The van der Waals surface area contributed by atoms with Crippen LogP contribution < -0.4 is 5.32 Å². The van der Waals surface area contributed by atoms with Gasteiger partial charge < -0.3 is 5.32 Å². The fourth-order valence-corrected chi connectivity index (χ4v) is 4.18. The molecule has 1 aromatic heterocycles. The Kier molecular flexibility index (Phi) is 6.44. The van der Waals surface area contributed by atoms with Crippen LogP contribution in [0, 0.1) is 0 Å². The number of nitrogens with one attached hydrogen (secondary N) is 1. The van der Waals surface area contributed by atoms with E-state index in [1.54, 1.807) is 11.3 Å². The van der Waals surface area contributed by atoms with Crippen molar-refractivity contribution >= 4 is 39.0 Å². The van der Waals surface area contributed by atoms with Gasteiger partial charge in [-0.3, -0.25) is 0 Å². The number of thioether (sulfide) groups is 1. The zero-order valence-corrected chi connectivity index (χ0v) is 14.2. The Morgan fingerprint density at radius 3 is 2.84 bits per heavy atom. The zero-order valence-electron chi connectivity index (χ0n) is 10.9. The second-order valence-electron chi connectivity index (χ2n) is 4.30. The second-order valence-corrected chi connectivity index (χ2v) is 7.00. The minimum atomic E-state index is 0.434. The fourth-order valence-electron chi connectivity index (χ4n) is 1.80. The average molecular weight is 356 g/mol. The molecular weight excluding hydrogens is 338 g/mol. The smallest absolute Gasteiger partial charge is 0.0423 e. The van der Waals surface area contributed by atoms with Crippen molar-refractivity contribution in [3.05, 3.63) is 51.1 Å². The summed E-state index contributed by atoms with van der Waals surface area (Å²) in [5.74, 6) is 1.05. The van der Waals surface area contributed by atoms with Gasteiger partial charge in [0, 0.05) is 21.2 Å². The van der Waals surface area contributed by atoms with Crippen molar-refractivity contribution < 1.29 is 0 Å². The number of thiophene rings is 1. The van der Waals surface area contributed by atoms with Gasteiger partial charge in [-0.15, -0.1) is 11.8 Å². The van der Waals surface area contributed by atoms with Crippen molar-refractivity contribution in [1.29, 1.82) is 0 Å². The van der Waals surface area contributed by atoms with E-state index in [9.17, 15) is 0 Å². The van der Waals surface area contributed by atoms with Gasteiger partial charge in [0.05, 0.1) is 0 Å². The van der Waals surface area contributed by atoms with Crippen LogP contribution in [-0.2, 0) is 0 Å². The Hall–Kier alpha value is -0.290. The van der Waals surface area contributed by atoms with E-state index in [2.05, 4.69) is 69.3 Å². The van der Waals surface area contributed by atoms with Crippen LogP contribution in [0.25, 0.3) is 0 Å². The summed E-state index contributed by atoms with van der Waals surface area (Å²) in [5.41, 5.74) is 1.40. The molecule has 0 spiro atoms. The van der Waals surface area contributed by atoms with E-state index in [1.807, 2.05) is 11.8 Å². The maximum absolute atomic E-state index is 3.63. The van der Waals surface area contributed by atoms with E-state index in [0.717, 1.165) is 12.3 Å². The highest BCUT2D eigenvalue weighted by molar-refractivity contribution is 9.10. The monoisotopic (exact) mass is 355 g/mol. The SMILES string of the molecule is CCCNC(CSc1ccccc1Br)c1ccsc1. The molecule has 2 rings (SSSR count). The third-order valence-electron chi connectivity index (χ3n) is 2.83. The summed E-state index contributed by atoms with van der Waals surface area (Å²) in [5, 5.41) is 8.03. The fraction of sp³-hybridized carbons (Fsp3) is 0.333. The minimum absolute atomic E-state index is 0.434. The first-order chi connectivity index (χ1) is 9.31. The molecule has 2 aromatic rings. The van der Waals surface area contributed by atoms with Crippen molar-refractivity contribution in [2.24, 2.45) is 0 Å². The molecule has 1 N–H and O–H groups in total. The summed E-state index contributed by atoms with van der Waals surface area (Å²) in [7, 11) is 0. The van der Waals surface area contributed by atoms with Gasteiger partial charge in [-0.05, 0) is 63.4 Å². The topological polar surface area (TPSA) is 12.0 Å². The van der Waals surface area contributed by atoms with Crippen molar-refractivity contribution in [3.63, 3.8) is 0 Å². The summed E-state index contributed by atoms with van der Waals surface area (Å²) < 4.78 is 1.18. The molecule has 0 aliphatic rings. The molecule has 1 aromatic carbocycles. The number of hydrogen-bond donors (Lipinski definition) is 1. The molecule has 1 atom stereocenters. The van der Waals surface area contributed by atoms with Gasteiger partial charge in [0.15, 0.2) is 0 Å². The predicted octanol–water partition coefficient (Wildman–Crippen LogP) is 5.34. The van der Waals surface area contributed by atoms with E-state index in [0.29, 0.717) is 6.04 Å². The molecule has 4 heteroatoms. The minimum Gasteiger partial charge on any atom is -0.309 e. The Morgan fingerprint density at radius 2 is 2.16 bits per heavy atom. The number of hydrogen-bond acceptors (Lipinski definition) is 3. The van der Waals surface area contributed by atoms with Crippen LogP contribution >= 0.6 is 39.0 Å². The predicted molar refractivity (Wildman–Crippen MR) is 90.2 cm³/mol. The second kappa shape index (κ2) is 8.10. The molecule has 102 valence electrons. The third kappa shape index (κ3) is 4.63. The lowest BCUT2D eigenvalue weighted by atomic mass is 10.2. The molecule has 0 saturated heterocycles. The van der Waals surface area contributed by atoms with Crippen LogP contribution in [0.3, 0.4) is 0 Å². The highest BCUT2D eigenvalue weighted by Crippen LogP contribution is 2.30. The summed E-state index contributed by atoms with van der Waals surface area (Å²) in [6.45, 7) is 3.27. The van der Waals surface area contributed by atoms with Gasteiger partial charge in [-0.1, -0.05) is 19.1 Å². The first-order valence-corrected chi connectivity index (χ1v) is 9.16. The number of rotatable bonds is 7. The van der Waals surface area contributed by atoms with E-state index >= 15 is 0 Å². The van der Waals surface area contributed by atoms with Crippen LogP contribution in [0.1, 0.15) is 24.9 Å². The van der Waals surface area contributed by atoms with Gasteiger partial charge in [-0.25, -0.2) is 0 Å². The van der Waals surface area contributed by atoms with Gasteiger partial charge in [0.1, 0.15) is 0 Å². The van der Waals surface area contributed by atoms with Crippen molar-refractivity contribution in [2.75, 3.05) is 12.3 Å². The lowest BCUT2D eigenvalue weighted by Gasteiger charge is -2.17. The average Bonchev–Trinajstić information content (AvgIpc) is 2.94. The van der Waals surface area contributed by atoms with Crippen LogP contribution in [-0.4, -0.2) is 12.3 Å². The molecule has 0 saturated carbocycles. The molecule has 0 aliphatic heterocycles. The molecule has 1 nitrogen and oxygen atoms in total. The summed E-state index contributed by atoms with van der Waals surface area (Å²) in [6, 6.07) is 11.1. The Labute approximate surface area is 131 Å². The van der Waals surface area contributed by atoms with Crippen LogP contribution in [0.4, 0.5) is 0 Å². The van der Waals surface area contributed by atoms with Gasteiger partial charge in [0.25, 0.3) is 0 Å². The highest BCUT2D eigenvalue weighted by Gasteiger charge is 2.12. The van der Waals surface area contributed by atoms with E-state index in [-0.39, 0.29) is 0 Å². The quantitative estimate of drug-likeness (QED) is 0.672. The molecule has 0 bridgehead atoms. The first-order valence-electron chi connectivity index (χ1n) is 6.44.